The van der Waals surface area contributed by atoms with Gasteiger partial charge in [-0.1, -0.05) is 35.5 Å². The lowest BCUT2D eigenvalue weighted by molar-refractivity contribution is 0.153. The van der Waals surface area contributed by atoms with Gasteiger partial charge in [-0.05, 0) is 0 Å². The van der Waals surface area contributed by atoms with Crippen molar-refractivity contribution >= 4 is 0 Å². The molecule has 0 amide bonds. The van der Waals surface area contributed by atoms with Crippen molar-refractivity contribution in [2.24, 2.45) is 0 Å². The molecule has 6 heteroatoms. The normalized spacial score (nSPS) is 37.6. The standard InChI is InChI=1S/C24H36N6/c1-2-8-26-17-19-28(20-18-26)10-5-6-12-30-23-21-29(22-24-30)11-4-3-9-27-15-13-25(7-1)14-16-27/h7-24H2. The first kappa shape index (κ1) is 21.7. The fourth-order valence-corrected chi connectivity index (χ4v) is 4.32. The molecule has 7 aliphatic heterocycles. The van der Waals surface area contributed by atoms with Crippen LogP contribution in [-0.4, -0.2) is 147 Å². The number of rotatable bonds is 0. The Morgan fingerprint density at radius 3 is 0.500 bits per heavy atom. The molecular formula is C24H36N6. The Morgan fingerprint density at radius 1 is 0.233 bits per heavy atom. The number of piperazine rings is 3. The Labute approximate surface area is 183 Å². The predicted molar refractivity (Wildman–Crippen MR) is 122 cm³/mol. The van der Waals surface area contributed by atoms with Crippen molar-refractivity contribution in [3.63, 3.8) is 0 Å². The molecule has 7 rings (SSSR count). The van der Waals surface area contributed by atoms with Crippen molar-refractivity contribution in [1.29, 1.82) is 0 Å². The third-order valence-electron chi connectivity index (χ3n) is 6.59. The van der Waals surface area contributed by atoms with Gasteiger partial charge in [-0.3, -0.25) is 29.4 Å². The Kier molecular flexibility index (Phi) is 8.47. The van der Waals surface area contributed by atoms with Gasteiger partial charge >= 0.3 is 0 Å². The Morgan fingerprint density at radius 2 is 0.367 bits per heavy atom. The van der Waals surface area contributed by atoms with Gasteiger partial charge in [-0.25, -0.2) is 0 Å². The second kappa shape index (κ2) is 11.7. The molecule has 0 saturated carbocycles. The van der Waals surface area contributed by atoms with Crippen LogP contribution in [0, 0.1) is 35.5 Å². The van der Waals surface area contributed by atoms with Crippen LogP contribution in [0.2, 0.25) is 0 Å². The van der Waals surface area contributed by atoms with Crippen molar-refractivity contribution in [3.05, 3.63) is 0 Å². The Balaban J connectivity index is 1.31. The zero-order chi connectivity index (χ0) is 20.4. The van der Waals surface area contributed by atoms with E-state index in [9.17, 15) is 0 Å². The van der Waals surface area contributed by atoms with Gasteiger partial charge < -0.3 is 0 Å². The van der Waals surface area contributed by atoms with E-state index < -0.39 is 0 Å². The van der Waals surface area contributed by atoms with Gasteiger partial charge in [0.25, 0.3) is 0 Å². The second-order valence-corrected chi connectivity index (χ2v) is 8.72. The van der Waals surface area contributed by atoms with Gasteiger partial charge in [0, 0.05) is 78.5 Å². The third kappa shape index (κ3) is 7.00. The molecule has 0 aromatic rings. The van der Waals surface area contributed by atoms with Crippen LogP contribution in [0.5, 0.6) is 0 Å². The molecule has 6 nitrogen and oxygen atoms in total. The molecule has 0 spiro atoms. The van der Waals surface area contributed by atoms with Crippen LogP contribution in [-0.2, 0) is 0 Å². The molecule has 30 heavy (non-hydrogen) atoms. The molecular weight excluding hydrogens is 372 g/mol. The maximum absolute atomic E-state index is 3.40. The van der Waals surface area contributed by atoms with Gasteiger partial charge in [0.2, 0.25) is 0 Å². The molecule has 7 aliphatic rings. The molecule has 0 unspecified atom stereocenters. The molecule has 0 N–H and O–H groups in total. The largest absolute Gasteiger partial charge is 0.290 e. The molecule has 0 radical (unpaired) electrons. The average Bonchev–Trinajstić information content (AvgIpc) is 2.79. The molecule has 162 valence electrons. The summed E-state index contributed by atoms with van der Waals surface area (Å²) >= 11 is 0. The smallest absolute Gasteiger partial charge is 0.0602 e. The van der Waals surface area contributed by atoms with Crippen LogP contribution in [0.3, 0.4) is 0 Å². The van der Waals surface area contributed by atoms with Crippen LogP contribution in [0.1, 0.15) is 0 Å². The van der Waals surface area contributed by atoms with E-state index >= 15 is 0 Å². The fraction of sp³-hybridized carbons (Fsp3) is 0.750. The van der Waals surface area contributed by atoms with Crippen LogP contribution in [0.15, 0.2) is 0 Å². The van der Waals surface area contributed by atoms with Crippen LogP contribution >= 0.6 is 0 Å². The molecule has 7 heterocycles. The van der Waals surface area contributed by atoms with Crippen LogP contribution < -0.4 is 0 Å². The van der Waals surface area contributed by atoms with Gasteiger partial charge in [-0.2, -0.15) is 0 Å². The number of fused-ring (bicyclic) bond motifs is 3. The van der Waals surface area contributed by atoms with E-state index in [1.807, 2.05) is 0 Å². The van der Waals surface area contributed by atoms with E-state index in [-0.39, 0.29) is 0 Å². The van der Waals surface area contributed by atoms with E-state index in [4.69, 9.17) is 0 Å². The molecule has 0 aromatic carbocycles. The molecule has 3 fully saturated rings. The van der Waals surface area contributed by atoms with E-state index in [0.29, 0.717) is 0 Å². The maximum atomic E-state index is 3.40. The molecule has 0 atom stereocenters. The summed E-state index contributed by atoms with van der Waals surface area (Å²) in [5, 5.41) is 0. The molecule has 6 bridgehead atoms. The van der Waals surface area contributed by atoms with Gasteiger partial charge in [-0.15, -0.1) is 0 Å². The monoisotopic (exact) mass is 408 g/mol. The highest BCUT2D eigenvalue weighted by Gasteiger charge is 2.17. The average molecular weight is 409 g/mol. The van der Waals surface area contributed by atoms with Crippen molar-refractivity contribution < 1.29 is 0 Å². The summed E-state index contributed by atoms with van der Waals surface area (Å²) in [5.41, 5.74) is 0. The first-order valence-electron chi connectivity index (χ1n) is 11.6. The summed E-state index contributed by atoms with van der Waals surface area (Å²) in [6.45, 7) is 18.7. The minimum absolute atomic E-state index is 0.904. The number of hydrogen-bond donors (Lipinski definition) is 0. The highest BCUT2D eigenvalue weighted by Crippen LogP contribution is 2.03. The summed E-state index contributed by atoms with van der Waals surface area (Å²) in [5.74, 6) is 20.4. The van der Waals surface area contributed by atoms with Gasteiger partial charge in [0.15, 0.2) is 0 Å². The number of nitrogens with zero attached hydrogens (tertiary/aromatic N) is 6. The van der Waals surface area contributed by atoms with Crippen LogP contribution in [0.25, 0.3) is 0 Å². The van der Waals surface area contributed by atoms with Gasteiger partial charge in [0.1, 0.15) is 0 Å². The highest BCUT2D eigenvalue weighted by atomic mass is 15.3. The van der Waals surface area contributed by atoms with Crippen molar-refractivity contribution in [3.8, 4) is 35.5 Å². The molecule has 0 aliphatic carbocycles. The second-order valence-electron chi connectivity index (χ2n) is 8.72. The first-order chi connectivity index (χ1) is 14.8. The summed E-state index contributed by atoms with van der Waals surface area (Å²) < 4.78 is 0. The van der Waals surface area contributed by atoms with E-state index in [1.165, 1.54) is 0 Å². The Bertz CT molecular complexity index is 554. The minimum atomic E-state index is 0.904. The summed E-state index contributed by atoms with van der Waals surface area (Å²) in [7, 11) is 0. The quantitative estimate of drug-likeness (QED) is 0.469. The van der Waals surface area contributed by atoms with Crippen LogP contribution in [0.4, 0.5) is 0 Å². The summed E-state index contributed by atoms with van der Waals surface area (Å²) in [6, 6.07) is 0. The van der Waals surface area contributed by atoms with E-state index in [0.717, 1.165) is 118 Å². The first-order valence-corrected chi connectivity index (χ1v) is 11.6. The van der Waals surface area contributed by atoms with E-state index in [2.05, 4.69) is 64.9 Å². The lowest BCUT2D eigenvalue weighted by atomic mass is 10.3. The van der Waals surface area contributed by atoms with Crippen molar-refractivity contribution in [2.45, 2.75) is 0 Å². The predicted octanol–water partition coefficient (Wildman–Crippen LogP) is -1.14. The SMILES string of the molecule is C1#CCN2CCN(CC#CCN3CCN(CC#CCN4CCN(C1)CC4)CC3)CC2. The molecule has 3 saturated heterocycles. The van der Waals surface area contributed by atoms with E-state index in [1.54, 1.807) is 0 Å². The molecule has 0 aromatic heterocycles. The zero-order valence-corrected chi connectivity index (χ0v) is 18.4. The number of hydrogen-bond acceptors (Lipinski definition) is 6. The lowest BCUT2D eigenvalue weighted by Gasteiger charge is -2.33. The third-order valence-corrected chi connectivity index (χ3v) is 6.59. The fourth-order valence-electron chi connectivity index (χ4n) is 4.32. The van der Waals surface area contributed by atoms with Gasteiger partial charge in [0.05, 0.1) is 39.3 Å². The zero-order valence-electron chi connectivity index (χ0n) is 18.4. The topological polar surface area (TPSA) is 19.4 Å². The lowest BCUT2D eigenvalue weighted by Crippen LogP contribution is -2.47. The summed E-state index contributed by atoms with van der Waals surface area (Å²) in [6.07, 6.45) is 0. The van der Waals surface area contributed by atoms with Crippen molar-refractivity contribution in [1.82, 2.24) is 29.4 Å². The summed E-state index contributed by atoms with van der Waals surface area (Å²) in [4.78, 5) is 14.9. The minimum Gasteiger partial charge on any atom is -0.290 e. The van der Waals surface area contributed by atoms with Crippen molar-refractivity contribution in [2.75, 3.05) is 118 Å². The Hall–Kier alpha value is -1.56. The highest BCUT2D eigenvalue weighted by molar-refractivity contribution is 5.07. The maximum Gasteiger partial charge on any atom is 0.0602 e.